The molecule has 0 amide bonds. The summed E-state index contributed by atoms with van der Waals surface area (Å²) in [6.07, 6.45) is 12.5. The zero-order valence-electron chi connectivity index (χ0n) is 13.3. The standard InChI is InChI=1S/C19H31F/c1-18-9-3-4-16(18)15-6-5-13-12-14(20)7-11-19(13,2)17(15)8-10-18/h13-17H,3-12H2,1-2H3/t13?,14-,15+,16+,17+,18+,19+/m1/s1. The predicted molar refractivity (Wildman–Crippen MR) is 81.2 cm³/mol. The Kier molecular flexibility index (Phi) is 3.03. The first-order valence-corrected chi connectivity index (χ1v) is 9.17. The van der Waals surface area contributed by atoms with Crippen LogP contribution >= 0.6 is 0 Å². The van der Waals surface area contributed by atoms with Crippen LogP contribution in [0.3, 0.4) is 0 Å². The van der Waals surface area contributed by atoms with Crippen molar-refractivity contribution < 1.29 is 4.39 Å². The molecule has 4 rings (SSSR count). The average Bonchev–Trinajstić information content (AvgIpc) is 2.81. The molecule has 0 aromatic rings. The molecule has 1 unspecified atom stereocenters. The Labute approximate surface area is 123 Å². The van der Waals surface area contributed by atoms with Gasteiger partial charge in [-0.3, -0.25) is 0 Å². The zero-order valence-corrected chi connectivity index (χ0v) is 13.3. The van der Waals surface area contributed by atoms with Gasteiger partial charge in [-0.1, -0.05) is 20.3 Å². The van der Waals surface area contributed by atoms with Gasteiger partial charge in [-0.15, -0.1) is 0 Å². The molecular weight excluding hydrogens is 247 g/mol. The van der Waals surface area contributed by atoms with E-state index >= 15 is 0 Å². The van der Waals surface area contributed by atoms with Crippen LogP contribution in [0.5, 0.6) is 0 Å². The van der Waals surface area contributed by atoms with Gasteiger partial charge < -0.3 is 0 Å². The Morgan fingerprint density at radius 1 is 0.850 bits per heavy atom. The molecule has 0 radical (unpaired) electrons. The lowest BCUT2D eigenvalue weighted by Crippen LogP contribution is -2.52. The highest BCUT2D eigenvalue weighted by molar-refractivity contribution is 5.07. The van der Waals surface area contributed by atoms with E-state index in [-0.39, 0.29) is 0 Å². The molecule has 4 saturated carbocycles. The molecule has 0 spiro atoms. The Bertz CT molecular complexity index is 391. The molecule has 0 saturated heterocycles. The summed E-state index contributed by atoms with van der Waals surface area (Å²) in [4.78, 5) is 0. The van der Waals surface area contributed by atoms with Crippen molar-refractivity contribution in [3.8, 4) is 0 Å². The third-order valence-electron chi connectivity index (χ3n) is 8.38. The van der Waals surface area contributed by atoms with Crippen LogP contribution in [0.1, 0.15) is 78.1 Å². The molecule has 0 aliphatic heterocycles. The monoisotopic (exact) mass is 278 g/mol. The van der Waals surface area contributed by atoms with Crippen molar-refractivity contribution in [2.75, 3.05) is 0 Å². The number of halogens is 1. The summed E-state index contributed by atoms with van der Waals surface area (Å²) in [5, 5.41) is 0. The second-order valence-corrected chi connectivity index (χ2v) is 9.11. The van der Waals surface area contributed by atoms with E-state index in [9.17, 15) is 4.39 Å². The molecule has 4 fully saturated rings. The van der Waals surface area contributed by atoms with Gasteiger partial charge >= 0.3 is 0 Å². The van der Waals surface area contributed by atoms with Crippen LogP contribution in [0, 0.1) is 34.5 Å². The Hall–Kier alpha value is -0.0700. The van der Waals surface area contributed by atoms with Crippen LogP contribution in [-0.2, 0) is 0 Å². The number of alkyl halides is 1. The van der Waals surface area contributed by atoms with Gasteiger partial charge in [0.15, 0.2) is 0 Å². The summed E-state index contributed by atoms with van der Waals surface area (Å²) in [5.74, 6) is 3.60. The molecule has 0 aromatic heterocycles. The summed E-state index contributed by atoms with van der Waals surface area (Å²) < 4.78 is 13.8. The molecule has 20 heavy (non-hydrogen) atoms. The smallest absolute Gasteiger partial charge is 0.100 e. The SMILES string of the molecule is C[C@@]12CCC[C@H]1[C@@H]1CCC3C[C@H](F)CC[C@]3(C)[C@H]1CC2. The van der Waals surface area contributed by atoms with Crippen LogP contribution in [0.15, 0.2) is 0 Å². The van der Waals surface area contributed by atoms with E-state index in [4.69, 9.17) is 0 Å². The Balaban J connectivity index is 1.62. The Morgan fingerprint density at radius 3 is 2.55 bits per heavy atom. The van der Waals surface area contributed by atoms with E-state index < -0.39 is 6.17 Å². The van der Waals surface area contributed by atoms with E-state index in [1.807, 2.05) is 0 Å². The summed E-state index contributed by atoms with van der Waals surface area (Å²) in [6, 6.07) is 0. The van der Waals surface area contributed by atoms with Crippen LogP contribution in [0.2, 0.25) is 0 Å². The molecular formula is C19H31F. The summed E-state index contributed by atoms with van der Waals surface area (Å²) >= 11 is 0. The van der Waals surface area contributed by atoms with Gasteiger partial charge in [-0.05, 0) is 92.3 Å². The second kappa shape index (κ2) is 4.46. The molecule has 0 aromatic carbocycles. The minimum Gasteiger partial charge on any atom is -0.247 e. The number of fused-ring (bicyclic) bond motifs is 5. The highest BCUT2D eigenvalue weighted by atomic mass is 19.1. The van der Waals surface area contributed by atoms with Gasteiger partial charge in [0, 0.05) is 0 Å². The van der Waals surface area contributed by atoms with Crippen molar-refractivity contribution in [2.24, 2.45) is 34.5 Å². The fourth-order valence-electron chi connectivity index (χ4n) is 7.20. The maximum Gasteiger partial charge on any atom is 0.100 e. The normalized spacial score (nSPS) is 58.6. The fourth-order valence-corrected chi connectivity index (χ4v) is 7.20. The molecule has 114 valence electrons. The molecule has 0 nitrogen and oxygen atoms in total. The van der Waals surface area contributed by atoms with Gasteiger partial charge in [-0.2, -0.15) is 0 Å². The largest absolute Gasteiger partial charge is 0.247 e. The van der Waals surface area contributed by atoms with E-state index in [1.54, 1.807) is 0 Å². The van der Waals surface area contributed by atoms with Crippen molar-refractivity contribution in [1.82, 2.24) is 0 Å². The van der Waals surface area contributed by atoms with Gasteiger partial charge in [-0.25, -0.2) is 4.39 Å². The lowest BCUT2D eigenvalue weighted by Gasteiger charge is -2.60. The highest BCUT2D eigenvalue weighted by Gasteiger charge is 2.57. The van der Waals surface area contributed by atoms with Crippen LogP contribution in [0.25, 0.3) is 0 Å². The number of hydrogen-bond acceptors (Lipinski definition) is 0. The average molecular weight is 278 g/mol. The number of hydrogen-bond donors (Lipinski definition) is 0. The third kappa shape index (κ3) is 1.77. The van der Waals surface area contributed by atoms with E-state index in [0.717, 1.165) is 30.6 Å². The lowest BCUT2D eigenvalue weighted by molar-refractivity contribution is -0.113. The van der Waals surface area contributed by atoms with Gasteiger partial charge in [0.2, 0.25) is 0 Å². The van der Waals surface area contributed by atoms with E-state index in [1.165, 1.54) is 51.4 Å². The lowest BCUT2D eigenvalue weighted by atomic mass is 9.45. The highest BCUT2D eigenvalue weighted by Crippen LogP contribution is 2.66. The minimum absolute atomic E-state index is 0.482. The molecule has 4 aliphatic carbocycles. The van der Waals surface area contributed by atoms with Crippen LogP contribution < -0.4 is 0 Å². The van der Waals surface area contributed by atoms with Crippen LogP contribution in [0.4, 0.5) is 4.39 Å². The fraction of sp³-hybridized carbons (Fsp3) is 1.00. The Morgan fingerprint density at radius 2 is 1.70 bits per heavy atom. The van der Waals surface area contributed by atoms with Crippen molar-refractivity contribution in [3.05, 3.63) is 0 Å². The summed E-state index contributed by atoms with van der Waals surface area (Å²) in [5.41, 5.74) is 1.15. The molecule has 0 bridgehead atoms. The van der Waals surface area contributed by atoms with Crippen molar-refractivity contribution in [3.63, 3.8) is 0 Å². The summed E-state index contributed by atoms with van der Waals surface area (Å²) in [6.45, 7) is 5.12. The maximum atomic E-state index is 13.8. The van der Waals surface area contributed by atoms with Crippen molar-refractivity contribution >= 4 is 0 Å². The van der Waals surface area contributed by atoms with Crippen LogP contribution in [-0.4, -0.2) is 6.17 Å². The second-order valence-electron chi connectivity index (χ2n) is 9.11. The minimum atomic E-state index is -0.495. The first kappa shape index (κ1) is 13.6. The van der Waals surface area contributed by atoms with E-state index in [2.05, 4.69) is 13.8 Å². The third-order valence-corrected chi connectivity index (χ3v) is 8.38. The topological polar surface area (TPSA) is 0 Å². The van der Waals surface area contributed by atoms with Crippen molar-refractivity contribution in [2.45, 2.75) is 84.2 Å². The first-order chi connectivity index (χ1) is 9.53. The van der Waals surface area contributed by atoms with Crippen molar-refractivity contribution in [1.29, 1.82) is 0 Å². The zero-order chi connectivity index (χ0) is 14.0. The number of rotatable bonds is 0. The maximum absolute atomic E-state index is 13.8. The van der Waals surface area contributed by atoms with Gasteiger partial charge in [0.25, 0.3) is 0 Å². The van der Waals surface area contributed by atoms with E-state index in [0.29, 0.717) is 16.7 Å². The molecule has 0 heterocycles. The van der Waals surface area contributed by atoms with Gasteiger partial charge in [0.1, 0.15) is 6.17 Å². The van der Waals surface area contributed by atoms with Gasteiger partial charge in [0.05, 0.1) is 0 Å². The molecule has 1 heteroatoms. The molecule has 0 N–H and O–H groups in total. The molecule has 7 atom stereocenters. The predicted octanol–water partition coefficient (Wildman–Crippen LogP) is 5.76. The quantitative estimate of drug-likeness (QED) is 0.528. The summed E-state index contributed by atoms with van der Waals surface area (Å²) in [7, 11) is 0. The first-order valence-electron chi connectivity index (χ1n) is 9.17. The molecule has 4 aliphatic rings.